The zero-order valence-electron chi connectivity index (χ0n) is 13.8. The van der Waals surface area contributed by atoms with Gasteiger partial charge in [-0.1, -0.05) is 12.1 Å². The highest BCUT2D eigenvalue weighted by atomic mass is 32.2. The van der Waals surface area contributed by atoms with Crippen LogP contribution in [0.1, 0.15) is 5.76 Å². The minimum atomic E-state index is -0.447. The smallest absolute Gasteiger partial charge is 0.269 e. The van der Waals surface area contributed by atoms with Crippen LogP contribution < -0.4 is 5.43 Å². The summed E-state index contributed by atoms with van der Waals surface area (Å²) in [4.78, 5) is 17.9. The number of para-hydroxylation sites is 2. The number of furan rings is 1. The molecule has 2 heterocycles. The number of benzene rings is 2. The molecule has 2 N–H and O–H groups in total. The van der Waals surface area contributed by atoms with E-state index in [0.717, 1.165) is 16.2 Å². The molecular formula is C18H13N5O3S. The predicted octanol–water partition coefficient (Wildman–Crippen LogP) is 4.66. The summed E-state index contributed by atoms with van der Waals surface area (Å²) in [6.45, 7) is 0. The van der Waals surface area contributed by atoms with Crippen LogP contribution in [0, 0.1) is 10.1 Å². The largest absolute Gasteiger partial charge is 0.448 e. The number of non-ortho nitro benzene ring substituents is 1. The molecule has 0 aliphatic heterocycles. The van der Waals surface area contributed by atoms with Crippen molar-refractivity contribution in [3.05, 3.63) is 76.5 Å². The van der Waals surface area contributed by atoms with Crippen LogP contribution in [0.5, 0.6) is 0 Å². The van der Waals surface area contributed by atoms with E-state index in [0.29, 0.717) is 16.5 Å². The van der Waals surface area contributed by atoms with Gasteiger partial charge < -0.3 is 9.40 Å². The summed E-state index contributed by atoms with van der Waals surface area (Å²) in [5.41, 5.74) is 5.34. The van der Waals surface area contributed by atoms with Crippen LogP contribution in [0.2, 0.25) is 0 Å². The summed E-state index contributed by atoms with van der Waals surface area (Å²) in [6, 6.07) is 17.4. The fourth-order valence-corrected chi connectivity index (χ4v) is 3.13. The lowest BCUT2D eigenvalue weighted by molar-refractivity contribution is -0.384. The van der Waals surface area contributed by atoms with Gasteiger partial charge in [0, 0.05) is 12.1 Å². The Kier molecular flexibility index (Phi) is 4.58. The van der Waals surface area contributed by atoms with Gasteiger partial charge in [0.2, 0.25) is 0 Å². The van der Waals surface area contributed by atoms with Crippen molar-refractivity contribution in [1.82, 2.24) is 9.97 Å². The van der Waals surface area contributed by atoms with E-state index in [2.05, 4.69) is 20.5 Å². The minimum absolute atomic E-state index is 0.0304. The van der Waals surface area contributed by atoms with E-state index in [1.54, 1.807) is 18.2 Å². The third kappa shape index (κ3) is 3.98. The highest BCUT2D eigenvalue weighted by Gasteiger charge is 2.07. The number of H-pyrrole nitrogens is 1. The van der Waals surface area contributed by atoms with E-state index >= 15 is 0 Å². The van der Waals surface area contributed by atoms with Gasteiger partial charge >= 0.3 is 0 Å². The molecule has 27 heavy (non-hydrogen) atoms. The van der Waals surface area contributed by atoms with Gasteiger partial charge in [-0.25, -0.2) is 4.98 Å². The second kappa shape index (κ2) is 7.34. The third-order valence-electron chi connectivity index (χ3n) is 3.63. The predicted molar refractivity (Wildman–Crippen MR) is 103 cm³/mol. The van der Waals surface area contributed by atoms with Crippen LogP contribution in [0.25, 0.3) is 11.0 Å². The van der Waals surface area contributed by atoms with E-state index < -0.39 is 4.92 Å². The van der Waals surface area contributed by atoms with Gasteiger partial charge in [0.25, 0.3) is 5.69 Å². The molecule has 0 atom stereocenters. The fraction of sp³-hybridized carbons (Fsp3) is 0. The quantitative estimate of drug-likeness (QED) is 0.286. The molecule has 2 aromatic carbocycles. The van der Waals surface area contributed by atoms with E-state index in [1.165, 1.54) is 30.1 Å². The average Bonchev–Trinajstić information content (AvgIpc) is 3.28. The summed E-state index contributed by atoms with van der Waals surface area (Å²) in [5, 5.41) is 16.1. The number of hydrazone groups is 1. The molecule has 0 fully saturated rings. The van der Waals surface area contributed by atoms with Crippen molar-refractivity contribution in [3.63, 3.8) is 0 Å². The van der Waals surface area contributed by atoms with Crippen molar-refractivity contribution >= 4 is 40.4 Å². The number of nitrogens with one attached hydrogen (secondary N) is 2. The molecule has 0 spiro atoms. The maximum Gasteiger partial charge on any atom is 0.269 e. The first-order chi connectivity index (χ1) is 13.2. The number of aromatic nitrogens is 2. The Bertz CT molecular complexity index is 1080. The Morgan fingerprint density at radius 2 is 1.96 bits per heavy atom. The number of imidazole rings is 1. The normalized spacial score (nSPS) is 11.3. The molecule has 9 heteroatoms. The van der Waals surface area contributed by atoms with Gasteiger partial charge in [-0.3, -0.25) is 15.5 Å². The number of aromatic amines is 1. The molecule has 8 nitrogen and oxygen atoms in total. The molecule has 134 valence electrons. The summed E-state index contributed by atoms with van der Waals surface area (Å²) in [6.07, 6.45) is 1.53. The number of fused-ring (bicyclic) bond motifs is 1. The van der Waals surface area contributed by atoms with E-state index in [-0.39, 0.29) is 5.69 Å². The van der Waals surface area contributed by atoms with Crippen molar-refractivity contribution in [2.75, 3.05) is 5.43 Å². The summed E-state index contributed by atoms with van der Waals surface area (Å²) >= 11 is 1.39. The Morgan fingerprint density at radius 3 is 2.74 bits per heavy atom. The van der Waals surface area contributed by atoms with Crippen LogP contribution in [0.15, 0.2) is 80.4 Å². The zero-order chi connectivity index (χ0) is 18.6. The van der Waals surface area contributed by atoms with Crippen molar-refractivity contribution in [2.24, 2.45) is 5.10 Å². The molecule has 0 radical (unpaired) electrons. The summed E-state index contributed by atoms with van der Waals surface area (Å²) in [5.74, 6) is 0.572. The minimum Gasteiger partial charge on any atom is -0.448 e. The molecular weight excluding hydrogens is 366 g/mol. The fourth-order valence-electron chi connectivity index (χ4n) is 2.36. The van der Waals surface area contributed by atoms with Crippen LogP contribution in [-0.2, 0) is 0 Å². The van der Waals surface area contributed by atoms with Crippen LogP contribution in [0.3, 0.4) is 0 Å². The number of rotatable bonds is 6. The topological polar surface area (TPSA) is 109 Å². The Hall–Kier alpha value is -3.59. The van der Waals surface area contributed by atoms with Gasteiger partial charge in [-0.2, -0.15) is 5.10 Å². The lowest BCUT2D eigenvalue weighted by atomic mass is 10.3. The molecule has 0 aliphatic carbocycles. The Labute approximate surface area is 157 Å². The molecule has 0 saturated carbocycles. The number of anilines is 1. The van der Waals surface area contributed by atoms with Gasteiger partial charge in [0.1, 0.15) is 5.76 Å². The Balaban J connectivity index is 1.38. The average molecular weight is 379 g/mol. The highest BCUT2D eigenvalue weighted by molar-refractivity contribution is 7.99. The van der Waals surface area contributed by atoms with Gasteiger partial charge in [-0.05, 0) is 48.2 Å². The molecule has 2 aromatic heterocycles. The van der Waals surface area contributed by atoms with Crippen LogP contribution in [0.4, 0.5) is 11.4 Å². The number of nitro benzene ring substituents is 1. The van der Waals surface area contributed by atoms with E-state index in [9.17, 15) is 10.1 Å². The number of hydrogen-bond donors (Lipinski definition) is 2. The molecule has 0 aliphatic rings. The lowest BCUT2D eigenvalue weighted by Crippen LogP contribution is -1.91. The standard InChI is InChI=1S/C18H13N5O3S/c24-23(25)13-7-5-12(6-8-13)22-19-11-14-9-10-17(26-14)27-18-20-15-3-1-2-4-16(15)21-18/h1-11,22H,(H,20,21)/b19-11+. The van der Waals surface area contributed by atoms with Gasteiger partial charge in [0.15, 0.2) is 10.2 Å². The number of nitrogens with zero attached hydrogens (tertiary/aromatic N) is 3. The molecule has 4 rings (SSSR count). The lowest BCUT2D eigenvalue weighted by Gasteiger charge is -1.98. The van der Waals surface area contributed by atoms with E-state index in [4.69, 9.17) is 4.42 Å². The SMILES string of the molecule is O=[N+]([O-])c1ccc(N/N=C/c2ccc(Sc3nc4ccccc4[nH]3)o2)cc1. The van der Waals surface area contributed by atoms with Crippen LogP contribution in [-0.4, -0.2) is 21.1 Å². The van der Waals surface area contributed by atoms with Crippen LogP contribution >= 0.6 is 11.8 Å². The van der Waals surface area contributed by atoms with Crippen molar-refractivity contribution in [3.8, 4) is 0 Å². The monoisotopic (exact) mass is 379 g/mol. The summed E-state index contributed by atoms with van der Waals surface area (Å²) in [7, 11) is 0. The third-order valence-corrected chi connectivity index (χ3v) is 4.44. The number of nitro groups is 1. The molecule has 4 aromatic rings. The Morgan fingerprint density at radius 1 is 1.15 bits per heavy atom. The number of hydrogen-bond acceptors (Lipinski definition) is 7. The first-order valence-electron chi connectivity index (χ1n) is 7.93. The maximum atomic E-state index is 10.6. The van der Waals surface area contributed by atoms with Crippen molar-refractivity contribution in [2.45, 2.75) is 10.2 Å². The zero-order valence-corrected chi connectivity index (χ0v) is 14.6. The molecule has 0 amide bonds. The second-order valence-electron chi connectivity index (χ2n) is 5.49. The molecule has 0 unspecified atom stereocenters. The van der Waals surface area contributed by atoms with Gasteiger partial charge in [0.05, 0.1) is 27.9 Å². The van der Waals surface area contributed by atoms with E-state index in [1.807, 2.05) is 30.3 Å². The second-order valence-corrected chi connectivity index (χ2v) is 6.49. The maximum absolute atomic E-state index is 10.6. The highest BCUT2D eigenvalue weighted by Crippen LogP contribution is 2.28. The first kappa shape index (κ1) is 16.9. The molecule has 0 saturated heterocycles. The summed E-state index contributed by atoms with van der Waals surface area (Å²) < 4.78 is 5.70. The van der Waals surface area contributed by atoms with Gasteiger partial charge in [-0.15, -0.1) is 0 Å². The van der Waals surface area contributed by atoms with Crippen molar-refractivity contribution < 1.29 is 9.34 Å². The first-order valence-corrected chi connectivity index (χ1v) is 8.75. The molecule has 0 bridgehead atoms. The van der Waals surface area contributed by atoms with Crippen molar-refractivity contribution in [1.29, 1.82) is 0 Å².